The van der Waals surface area contributed by atoms with E-state index in [-0.39, 0.29) is 6.03 Å². The van der Waals surface area contributed by atoms with Gasteiger partial charge in [0.25, 0.3) is 0 Å². The molecule has 1 aliphatic rings. The summed E-state index contributed by atoms with van der Waals surface area (Å²) >= 11 is 0. The van der Waals surface area contributed by atoms with Crippen molar-refractivity contribution >= 4 is 6.03 Å². The number of piperidine rings is 1. The van der Waals surface area contributed by atoms with Gasteiger partial charge in [0.15, 0.2) is 0 Å². The molecule has 0 spiro atoms. The van der Waals surface area contributed by atoms with E-state index >= 15 is 0 Å². The van der Waals surface area contributed by atoms with Gasteiger partial charge >= 0.3 is 6.03 Å². The van der Waals surface area contributed by atoms with Crippen molar-refractivity contribution in [3.05, 3.63) is 0 Å². The molecule has 1 heterocycles. The molecule has 1 aliphatic heterocycles. The summed E-state index contributed by atoms with van der Waals surface area (Å²) in [6, 6.07) is 0.204. The molecule has 1 fully saturated rings. The number of amides is 2. The summed E-state index contributed by atoms with van der Waals surface area (Å²) in [7, 11) is 1.90. The Balaban J connectivity index is 2.44. The highest BCUT2D eigenvalue weighted by molar-refractivity contribution is 5.74. The summed E-state index contributed by atoms with van der Waals surface area (Å²) < 4.78 is 0. The number of hydrogen-bond acceptors (Lipinski definition) is 1. The molecule has 0 aromatic carbocycles. The Hall–Kier alpha value is -0.730. The van der Waals surface area contributed by atoms with Gasteiger partial charge in [-0.15, -0.1) is 0 Å². The standard InChI is InChI=1S/C12H24N2O/c1-10(2)8-13(4)12(15)14-7-5-6-11(3)9-14/h10-11H,5-9H2,1-4H3. The van der Waals surface area contributed by atoms with Gasteiger partial charge in [-0.2, -0.15) is 0 Å². The third-order valence-electron chi connectivity index (χ3n) is 2.89. The summed E-state index contributed by atoms with van der Waals surface area (Å²) in [4.78, 5) is 15.9. The molecule has 0 N–H and O–H groups in total. The van der Waals surface area contributed by atoms with Gasteiger partial charge in [-0.1, -0.05) is 20.8 Å². The van der Waals surface area contributed by atoms with Crippen molar-refractivity contribution in [3.8, 4) is 0 Å². The van der Waals surface area contributed by atoms with E-state index in [1.165, 1.54) is 6.42 Å². The Labute approximate surface area is 93.4 Å². The molecule has 15 heavy (non-hydrogen) atoms. The van der Waals surface area contributed by atoms with Crippen molar-refractivity contribution in [2.75, 3.05) is 26.7 Å². The zero-order chi connectivity index (χ0) is 11.4. The molecule has 0 aliphatic carbocycles. The summed E-state index contributed by atoms with van der Waals surface area (Å²) in [5.74, 6) is 1.20. The molecule has 2 amide bonds. The van der Waals surface area contributed by atoms with Gasteiger partial charge in [0.05, 0.1) is 0 Å². The fourth-order valence-corrected chi connectivity index (χ4v) is 2.23. The summed E-state index contributed by atoms with van der Waals surface area (Å²) in [6.07, 6.45) is 2.42. The van der Waals surface area contributed by atoms with Crippen LogP contribution in [-0.4, -0.2) is 42.5 Å². The maximum Gasteiger partial charge on any atom is 0.319 e. The molecule has 0 saturated carbocycles. The average molecular weight is 212 g/mol. The maximum atomic E-state index is 12.0. The van der Waals surface area contributed by atoms with Gasteiger partial charge in [-0.05, 0) is 24.7 Å². The largest absolute Gasteiger partial charge is 0.327 e. The van der Waals surface area contributed by atoms with E-state index in [1.807, 2.05) is 16.8 Å². The van der Waals surface area contributed by atoms with E-state index in [1.54, 1.807) is 0 Å². The molecular formula is C12H24N2O. The van der Waals surface area contributed by atoms with Crippen LogP contribution in [0.5, 0.6) is 0 Å². The van der Waals surface area contributed by atoms with Gasteiger partial charge in [-0.25, -0.2) is 4.79 Å². The van der Waals surface area contributed by atoms with Crippen LogP contribution >= 0.6 is 0 Å². The predicted molar refractivity (Wildman–Crippen MR) is 62.8 cm³/mol. The summed E-state index contributed by atoms with van der Waals surface area (Å²) in [6.45, 7) is 9.23. The van der Waals surface area contributed by atoms with E-state index in [0.29, 0.717) is 11.8 Å². The lowest BCUT2D eigenvalue weighted by atomic mass is 10.0. The number of carbonyl (C=O) groups is 1. The van der Waals surface area contributed by atoms with Crippen LogP contribution in [0.3, 0.4) is 0 Å². The van der Waals surface area contributed by atoms with Crippen LogP contribution in [0.25, 0.3) is 0 Å². The number of likely N-dealkylation sites (tertiary alicyclic amines) is 1. The van der Waals surface area contributed by atoms with E-state index < -0.39 is 0 Å². The van der Waals surface area contributed by atoms with Crippen LogP contribution in [0.15, 0.2) is 0 Å². The van der Waals surface area contributed by atoms with Crippen LogP contribution in [0.2, 0.25) is 0 Å². The lowest BCUT2D eigenvalue weighted by Crippen LogP contribution is -2.46. The molecule has 1 rings (SSSR count). The zero-order valence-corrected chi connectivity index (χ0v) is 10.5. The van der Waals surface area contributed by atoms with Gasteiger partial charge in [0.1, 0.15) is 0 Å². The fraction of sp³-hybridized carbons (Fsp3) is 0.917. The molecule has 1 atom stereocenters. The lowest BCUT2D eigenvalue weighted by molar-refractivity contribution is 0.136. The highest BCUT2D eigenvalue weighted by Gasteiger charge is 2.23. The first-order valence-corrected chi connectivity index (χ1v) is 6.00. The third-order valence-corrected chi connectivity index (χ3v) is 2.89. The Kier molecular flexibility index (Phi) is 4.43. The summed E-state index contributed by atoms with van der Waals surface area (Å²) in [5, 5.41) is 0. The molecule has 88 valence electrons. The Morgan fingerprint density at radius 3 is 2.73 bits per heavy atom. The number of nitrogens with zero attached hydrogens (tertiary/aromatic N) is 2. The number of carbonyl (C=O) groups excluding carboxylic acids is 1. The van der Waals surface area contributed by atoms with Crippen LogP contribution in [0.1, 0.15) is 33.6 Å². The van der Waals surface area contributed by atoms with Crippen molar-refractivity contribution < 1.29 is 4.79 Å². The first-order valence-electron chi connectivity index (χ1n) is 6.00. The van der Waals surface area contributed by atoms with Gasteiger partial charge in [0, 0.05) is 26.7 Å². The zero-order valence-electron chi connectivity index (χ0n) is 10.5. The van der Waals surface area contributed by atoms with E-state index in [4.69, 9.17) is 0 Å². The smallest absolute Gasteiger partial charge is 0.319 e. The second kappa shape index (κ2) is 5.38. The monoisotopic (exact) mass is 212 g/mol. The van der Waals surface area contributed by atoms with E-state index in [0.717, 1.165) is 26.1 Å². The minimum absolute atomic E-state index is 0.204. The Morgan fingerprint density at radius 1 is 1.53 bits per heavy atom. The highest BCUT2D eigenvalue weighted by atomic mass is 16.2. The van der Waals surface area contributed by atoms with Crippen LogP contribution in [-0.2, 0) is 0 Å². The van der Waals surface area contributed by atoms with Crippen molar-refractivity contribution in [1.29, 1.82) is 0 Å². The maximum absolute atomic E-state index is 12.0. The van der Waals surface area contributed by atoms with Crippen molar-refractivity contribution in [1.82, 2.24) is 9.80 Å². The van der Waals surface area contributed by atoms with Gasteiger partial charge in [-0.3, -0.25) is 0 Å². The first-order chi connectivity index (χ1) is 7.00. The third kappa shape index (κ3) is 3.73. The molecular weight excluding hydrogens is 188 g/mol. The fourth-order valence-electron chi connectivity index (χ4n) is 2.23. The minimum atomic E-state index is 0.204. The molecule has 3 nitrogen and oxygen atoms in total. The van der Waals surface area contributed by atoms with Gasteiger partial charge in [0.2, 0.25) is 0 Å². The normalized spacial score (nSPS) is 21.9. The Bertz CT molecular complexity index is 216. The second-order valence-corrected chi connectivity index (χ2v) is 5.25. The van der Waals surface area contributed by atoms with Gasteiger partial charge < -0.3 is 9.80 Å². The lowest BCUT2D eigenvalue weighted by Gasteiger charge is -2.34. The SMILES string of the molecule is CC(C)CN(C)C(=O)N1CCCC(C)C1. The molecule has 1 unspecified atom stereocenters. The van der Waals surface area contributed by atoms with Crippen LogP contribution in [0, 0.1) is 11.8 Å². The molecule has 3 heteroatoms. The van der Waals surface area contributed by atoms with Crippen LogP contribution < -0.4 is 0 Å². The molecule has 0 aromatic rings. The molecule has 0 bridgehead atoms. The number of hydrogen-bond donors (Lipinski definition) is 0. The molecule has 0 radical (unpaired) electrons. The number of urea groups is 1. The highest BCUT2D eigenvalue weighted by Crippen LogP contribution is 2.16. The van der Waals surface area contributed by atoms with Crippen LogP contribution in [0.4, 0.5) is 4.79 Å². The van der Waals surface area contributed by atoms with Crippen molar-refractivity contribution in [3.63, 3.8) is 0 Å². The first kappa shape index (κ1) is 12.3. The van der Waals surface area contributed by atoms with Crippen molar-refractivity contribution in [2.24, 2.45) is 11.8 Å². The molecule has 0 aromatic heterocycles. The topological polar surface area (TPSA) is 23.6 Å². The molecule has 1 saturated heterocycles. The second-order valence-electron chi connectivity index (χ2n) is 5.25. The minimum Gasteiger partial charge on any atom is -0.327 e. The predicted octanol–water partition coefficient (Wildman–Crippen LogP) is 2.43. The van der Waals surface area contributed by atoms with Crippen molar-refractivity contribution in [2.45, 2.75) is 33.6 Å². The summed E-state index contributed by atoms with van der Waals surface area (Å²) in [5.41, 5.74) is 0. The number of rotatable bonds is 2. The average Bonchev–Trinajstić information content (AvgIpc) is 2.15. The van der Waals surface area contributed by atoms with E-state index in [9.17, 15) is 4.79 Å². The van der Waals surface area contributed by atoms with E-state index in [2.05, 4.69) is 20.8 Å². The Morgan fingerprint density at radius 2 is 2.20 bits per heavy atom. The quantitative estimate of drug-likeness (QED) is 0.689.